The lowest BCUT2D eigenvalue weighted by molar-refractivity contribution is -0.132. The molecule has 124 valence electrons. The second kappa shape index (κ2) is 6.91. The smallest absolute Gasteiger partial charge is 0.274 e. The molecule has 4 nitrogen and oxygen atoms in total. The first kappa shape index (κ1) is 15.6. The molecule has 2 aromatic heterocycles. The van der Waals surface area contributed by atoms with Gasteiger partial charge in [0.05, 0.1) is 16.6 Å². The molecule has 0 atom stereocenters. The molecule has 1 aliphatic rings. The van der Waals surface area contributed by atoms with Crippen LogP contribution in [0.2, 0.25) is 0 Å². The number of aromatic nitrogens is 1. The summed E-state index contributed by atoms with van der Waals surface area (Å²) in [5.74, 6) is 0.218. The maximum Gasteiger partial charge on any atom is 0.274 e. The van der Waals surface area contributed by atoms with Crippen molar-refractivity contribution in [3.8, 4) is 5.19 Å². The van der Waals surface area contributed by atoms with Crippen LogP contribution in [0, 0.1) is 0 Å². The van der Waals surface area contributed by atoms with Crippen LogP contribution in [0.15, 0.2) is 41.8 Å². The van der Waals surface area contributed by atoms with E-state index in [9.17, 15) is 4.79 Å². The number of ether oxygens (including phenoxy) is 1. The van der Waals surface area contributed by atoms with E-state index < -0.39 is 0 Å². The molecule has 1 fully saturated rings. The Morgan fingerprint density at radius 3 is 2.79 bits per heavy atom. The number of nitrogens with zero attached hydrogens (tertiary/aromatic N) is 2. The molecule has 3 aromatic rings. The van der Waals surface area contributed by atoms with E-state index in [1.807, 2.05) is 40.6 Å². The number of benzene rings is 1. The average Bonchev–Trinajstić information content (AvgIpc) is 3.24. The molecule has 24 heavy (non-hydrogen) atoms. The predicted octanol–water partition coefficient (Wildman–Crippen LogP) is 3.97. The van der Waals surface area contributed by atoms with E-state index >= 15 is 0 Å². The second-order valence-electron chi connectivity index (χ2n) is 5.90. The number of para-hydroxylation sites is 1. The van der Waals surface area contributed by atoms with Gasteiger partial charge in [-0.3, -0.25) is 4.79 Å². The van der Waals surface area contributed by atoms with Crippen LogP contribution in [0.25, 0.3) is 10.2 Å². The first-order chi connectivity index (χ1) is 11.8. The number of thiophene rings is 1. The van der Waals surface area contributed by atoms with Crippen molar-refractivity contribution in [2.24, 2.45) is 0 Å². The zero-order valence-electron chi connectivity index (χ0n) is 13.2. The summed E-state index contributed by atoms with van der Waals surface area (Å²) in [6, 6.07) is 12.1. The minimum Gasteiger partial charge on any atom is -0.467 e. The normalized spacial score (nSPS) is 15.8. The van der Waals surface area contributed by atoms with Gasteiger partial charge in [0.2, 0.25) is 5.91 Å². The van der Waals surface area contributed by atoms with Crippen LogP contribution in [-0.4, -0.2) is 35.0 Å². The summed E-state index contributed by atoms with van der Waals surface area (Å²) in [6.07, 6.45) is 2.40. The van der Waals surface area contributed by atoms with Gasteiger partial charge >= 0.3 is 0 Å². The molecule has 4 rings (SSSR count). The van der Waals surface area contributed by atoms with E-state index in [2.05, 4.69) is 11.1 Å². The molecule has 1 amide bonds. The molecule has 3 heterocycles. The Balaban J connectivity index is 1.31. The highest BCUT2D eigenvalue weighted by molar-refractivity contribution is 7.20. The molecule has 0 unspecified atom stereocenters. The topological polar surface area (TPSA) is 42.4 Å². The molecule has 1 aliphatic heterocycles. The maximum absolute atomic E-state index is 12.3. The average molecular weight is 358 g/mol. The lowest BCUT2D eigenvalue weighted by Gasteiger charge is -2.31. The second-order valence-corrected chi connectivity index (χ2v) is 7.93. The Labute approximate surface area is 148 Å². The van der Waals surface area contributed by atoms with Crippen LogP contribution in [0.4, 0.5) is 0 Å². The van der Waals surface area contributed by atoms with Gasteiger partial charge in [0.15, 0.2) is 0 Å². The van der Waals surface area contributed by atoms with E-state index in [1.54, 1.807) is 22.7 Å². The Hall–Kier alpha value is -1.92. The molecule has 0 N–H and O–H groups in total. The molecule has 0 spiro atoms. The number of rotatable bonds is 4. The van der Waals surface area contributed by atoms with Gasteiger partial charge in [-0.2, -0.15) is 0 Å². The highest BCUT2D eigenvalue weighted by Crippen LogP contribution is 2.29. The largest absolute Gasteiger partial charge is 0.467 e. The molecular weight excluding hydrogens is 340 g/mol. The van der Waals surface area contributed by atoms with Crippen LogP contribution in [-0.2, 0) is 11.2 Å². The van der Waals surface area contributed by atoms with Crippen LogP contribution >= 0.6 is 22.7 Å². The summed E-state index contributed by atoms with van der Waals surface area (Å²) in [6.45, 7) is 1.53. The van der Waals surface area contributed by atoms with Crippen molar-refractivity contribution >= 4 is 38.8 Å². The lowest BCUT2D eigenvalue weighted by Crippen LogP contribution is -2.42. The van der Waals surface area contributed by atoms with Crippen molar-refractivity contribution in [1.29, 1.82) is 0 Å². The van der Waals surface area contributed by atoms with Gasteiger partial charge in [-0.15, -0.1) is 11.3 Å². The molecule has 0 radical (unpaired) electrons. The minimum absolute atomic E-state index is 0.149. The molecule has 0 saturated carbocycles. The summed E-state index contributed by atoms with van der Waals surface area (Å²) >= 11 is 3.23. The van der Waals surface area contributed by atoms with Gasteiger partial charge in [0.1, 0.15) is 6.10 Å². The fourth-order valence-corrected chi connectivity index (χ4v) is 4.52. The third kappa shape index (κ3) is 3.44. The van der Waals surface area contributed by atoms with Gasteiger partial charge in [-0.25, -0.2) is 4.98 Å². The number of likely N-dealkylation sites (tertiary alicyclic amines) is 1. The number of hydrogen-bond acceptors (Lipinski definition) is 5. The number of fused-ring (bicyclic) bond motifs is 1. The zero-order valence-corrected chi connectivity index (χ0v) is 14.8. The van der Waals surface area contributed by atoms with Gasteiger partial charge < -0.3 is 9.64 Å². The van der Waals surface area contributed by atoms with Crippen LogP contribution in [0.1, 0.15) is 17.7 Å². The van der Waals surface area contributed by atoms with Gasteiger partial charge in [-0.1, -0.05) is 29.5 Å². The Bertz CT molecular complexity index is 788. The van der Waals surface area contributed by atoms with Crippen molar-refractivity contribution in [2.75, 3.05) is 13.1 Å². The number of amides is 1. The highest BCUT2D eigenvalue weighted by atomic mass is 32.1. The van der Waals surface area contributed by atoms with Gasteiger partial charge in [0, 0.05) is 30.8 Å². The van der Waals surface area contributed by atoms with E-state index in [4.69, 9.17) is 4.74 Å². The lowest BCUT2D eigenvalue weighted by atomic mass is 10.1. The Kier molecular flexibility index (Phi) is 4.49. The van der Waals surface area contributed by atoms with E-state index in [1.165, 1.54) is 0 Å². The zero-order chi connectivity index (χ0) is 16.4. The summed E-state index contributed by atoms with van der Waals surface area (Å²) < 4.78 is 7.19. The number of carbonyl (C=O) groups is 1. The third-order valence-corrected chi connectivity index (χ3v) is 6.05. The molecule has 1 aromatic carbocycles. The van der Waals surface area contributed by atoms with E-state index in [0.29, 0.717) is 6.42 Å². The standard InChI is InChI=1S/C18H18N2O2S2/c21-17(12-14-4-3-11-23-14)20-9-7-13(8-10-20)22-18-19-15-5-1-2-6-16(15)24-18/h1-6,11,13H,7-10,12H2. The van der Waals surface area contributed by atoms with Crippen molar-refractivity contribution in [1.82, 2.24) is 9.88 Å². The monoisotopic (exact) mass is 358 g/mol. The number of carbonyl (C=O) groups excluding carboxylic acids is 1. The van der Waals surface area contributed by atoms with Crippen molar-refractivity contribution in [2.45, 2.75) is 25.4 Å². The van der Waals surface area contributed by atoms with Gasteiger partial charge in [0.25, 0.3) is 5.19 Å². The first-order valence-electron chi connectivity index (χ1n) is 8.10. The van der Waals surface area contributed by atoms with Crippen molar-refractivity contribution < 1.29 is 9.53 Å². The van der Waals surface area contributed by atoms with Gasteiger partial charge in [-0.05, 0) is 23.6 Å². The van der Waals surface area contributed by atoms with E-state index in [-0.39, 0.29) is 12.0 Å². The first-order valence-corrected chi connectivity index (χ1v) is 9.80. The fourth-order valence-electron chi connectivity index (χ4n) is 2.94. The summed E-state index contributed by atoms with van der Waals surface area (Å²) in [5.41, 5.74) is 0.987. The Morgan fingerprint density at radius 1 is 1.21 bits per heavy atom. The highest BCUT2D eigenvalue weighted by Gasteiger charge is 2.24. The van der Waals surface area contributed by atoms with Crippen LogP contribution in [0.3, 0.4) is 0 Å². The van der Waals surface area contributed by atoms with E-state index in [0.717, 1.165) is 46.2 Å². The Morgan fingerprint density at radius 2 is 2.04 bits per heavy atom. The molecule has 0 bridgehead atoms. The molecule has 6 heteroatoms. The summed E-state index contributed by atoms with van der Waals surface area (Å²) in [4.78, 5) is 19.9. The summed E-state index contributed by atoms with van der Waals surface area (Å²) in [7, 11) is 0. The fraction of sp³-hybridized carbons (Fsp3) is 0.333. The third-order valence-electron chi connectivity index (χ3n) is 4.24. The minimum atomic E-state index is 0.149. The molecule has 0 aliphatic carbocycles. The summed E-state index contributed by atoms with van der Waals surface area (Å²) in [5, 5.41) is 2.75. The maximum atomic E-state index is 12.3. The SMILES string of the molecule is O=C(Cc1cccs1)N1CCC(Oc2nc3ccccc3s2)CC1. The molecular formula is C18H18N2O2S2. The number of hydrogen-bond donors (Lipinski definition) is 0. The van der Waals surface area contributed by atoms with Crippen LogP contribution < -0.4 is 4.74 Å². The molecule has 1 saturated heterocycles. The number of thiazole rings is 1. The quantitative estimate of drug-likeness (QED) is 0.709. The van der Waals surface area contributed by atoms with Crippen molar-refractivity contribution in [3.63, 3.8) is 0 Å². The number of piperidine rings is 1. The van der Waals surface area contributed by atoms with Crippen molar-refractivity contribution in [3.05, 3.63) is 46.7 Å². The predicted molar refractivity (Wildman–Crippen MR) is 97.9 cm³/mol. The van der Waals surface area contributed by atoms with Crippen LogP contribution in [0.5, 0.6) is 5.19 Å².